The Morgan fingerprint density at radius 2 is 1.37 bits per heavy atom. The van der Waals surface area contributed by atoms with Crippen molar-refractivity contribution in [3.05, 3.63) is 35.6 Å². The van der Waals surface area contributed by atoms with Crippen molar-refractivity contribution >= 4 is 5.97 Å². The van der Waals surface area contributed by atoms with Crippen molar-refractivity contribution in [2.45, 2.75) is 13.8 Å². The number of hydrogen-bond donors (Lipinski definition) is 3. The highest BCUT2D eigenvalue weighted by atomic mass is 19.1. The second-order valence-electron chi connectivity index (χ2n) is 2.34. The molecule has 8 heteroatoms. The van der Waals surface area contributed by atoms with Crippen molar-refractivity contribution < 1.29 is 24.5 Å². The molecule has 0 atom stereocenters. The van der Waals surface area contributed by atoms with Gasteiger partial charge in [-0.2, -0.15) is 0 Å². The maximum Gasteiger partial charge on any atom is 0.132 e. The molecule has 19 heavy (non-hydrogen) atoms. The number of carbonyl (C=O) groups excluding carboxylic acids is 1. The predicted molar refractivity (Wildman–Crippen MR) is 69.8 cm³/mol. The summed E-state index contributed by atoms with van der Waals surface area (Å²) in [4.78, 5) is 10.1. The molecule has 0 aliphatic rings. The first-order chi connectivity index (χ1) is 7.54. The summed E-state index contributed by atoms with van der Waals surface area (Å²) in [5, 5.41) is 27.9. The maximum absolute atomic E-state index is 12.4. The third kappa shape index (κ3) is 19.0. The summed E-state index contributed by atoms with van der Waals surface area (Å²) < 4.78 is 12.4. The SMILES string of the molecule is CC[O-].CC[O-].O=C([O-])c1ccccc1F.[NH4+].[NH4+].[NH4+]. The molecule has 0 fully saturated rings. The molecule has 0 aliphatic heterocycles. The lowest BCUT2D eigenvalue weighted by atomic mass is 10.2. The smallest absolute Gasteiger partial charge is 0.132 e. The van der Waals surface area contributed by atoms with Crippen LogP contribution in [0, 0.1) is 5.82 Å². The number of benzene rings is 1. The standard InChI is InChI=1S/C7H5FO2.2C2H5O.3H3N/c8-6-4-2-1-3-5(6)7(9)10;2*1-2-3;;;/h1-4H,(H,9,10);2*2H2,1H3;3*1H3/q;2*-1;;;/p+2. The summed E-state index contributed by atoms with van der Waals surface area (Å²) in [7, 11) is 0. The fourth-order valence-corrected chi connectivity index (χ4v) is 0.627. The van der Waals surface area contributed by atoms with E-state index in [-0.39, 0.29) is 31.7 Å². The van der Waals surface area contributed by atoms with Crippen LogP contribution >= 0.6 is 0 Å². The van der Waals surface area contributed by atoms with E-state index in [2.05, 4.69) is 0 Å². The summed E-state index contributed by atoms with van der Waals surface area (Å²) in [6.45, 7) is 3.14. The van der Waals surface area contributed by atoms with Crippen LogP contribution in [0.25, 0.3) is 0 Å². The van der Waals surface area contributed by atoms with Crippen molar-refractivity contribution in [2.24, 2.45) is 0 Å². The van der Waals surface area contributed by atoms with E-state index in [0.29, 0.717) is 0 Å². The Balaban J connectivity index is -0.0000000635. The number of carboxylic acids is 1. The van der Waals surface area contributed by atoms with Crippen LogP contribution in [0.5, 0.6) is 0 Å². The third-order valence-electron chi connectivity index (χ3n) is 1.09. The van der Waals surface area contributed by atoms with Crippen LogP contribution in [0.1, 0.15) is 24.2 Å². The van der Waals surface area contributed by atoms with Crippen LogP contribution in [0.4, 0.5) is 4.39 Å². The second-order valence-corrected chi connectivity index (χ2v) is 2.34. The van der Waals surface area contributed by atoms with Crippen LogP contribution in [0.15, 0.2) is 24.3 Å². The minimum absolute atomic E-state index is 0. The number of halogens is 1. The quantitative estimate of drug-likeness (QED) is 0.654. The Labute approximate surface area is 112 Å². The highest BCUT2D eigenvalue weighted by molar-refractivity contribution is 5.85. The molecule has 0 radical (unpaired) electrons. The first kappa shape index (κ1) is 30.4. The molecule has 0 bridgehead atoms. The molecule has 0 saturated heterocycles. The summed E-state index contributed by atoms with van der Waals surface area (Å²) in [5.41, 5.74) is -0.400. The largest absolute Gasteiger partial charge is 0.855 e. The van der Waals surface area contributed by atoms with Crippen molar-refractivity contribution in [2.75, 3.05) is 13.2 Å². The van der Waals surface area contributed by atoms with Gasteiger partial charge in [0.25, 0.3) is 0 Å². The number of rotatable bonds is 1. The van der Waals surface area contributed by atoms with Crippen molar-refractivity contribution in [1.29, 1.82) is 0 Å². The first-order valence-corrected chi connectivity index (χ1v) is 4.67. The van der Waals surface area contributed by atoms with Gasteiger partial charge in [-0.1, -0.05) is 32.0 Å². The van der Waals surface area contributed by atoms with Gasteiger partial charge in [0.05, 0.1) is 5.97 Å². The normalized spacial score (nSPS) is 6.79. The van der Waals surface area contributed by atoms with Crippen LogP contribution < -0.4 is 33.8 Å². The zero-order chi connectivity index (χ0) is 13.0. The summed E-state index contributed by atoms with van der Waals surface area (Å²) >= 11 is 0. The average molecular weight is 283 g/mol. The van der Waals surface area contributed by atoms with Gasteiger partial charge in [0.15, 0.2) is 0 Å². The Hall–Kier alpha value is -1.58. The first-order valence-electron chi connectivity index (χ1n) is 4.67. The molecule has 0 saturated carbocycles. The zero-order valence-corrected chi connectivity index (χ0v) is 12.2. The topological polar surface area (TPSA) is 196 Å². The van der Waals surface area contributed by atoms with Gasteiger partial charge in [-0.3, -0.25) is 0 Å². The third-order valence-corrected chi connectivity index (χ3v) is 1.09. The van der Waals surface area contributed by atoms with Gasteiger partial charge in [0.2, 0.25) is 0 Å². The predicted octanol–water partition coefficient (Wildman–Crippen LogP) is 0.0510. The molecular weight excluding hydrogens is 257 g/mol. The average Bonchev–Trinajstić information content (AvgIpc) is 2.20. The Morgan fingerprint density at radius 3 is 1.58 bits per heavy atom. The van der Waals surface area contributed by atoms with E-state index in [9.17, 15) is 14.3 Å². The van der Waals surface area contributed by atoms with Gasteiger partial charge in [-0.25, -0.2) is 4.39 Å². The van der Waals surface area contributed by atoms with Crippen molar-refractivity contribution in [1.82, 2.24) is 18.5 Å². The lowest BCUT2D eigenvalue weighted by Gasteiger charge is -2.00. The van der Waals surface area contributed by atoms with Crippen LogP contribution in [-0.4, -0.2) is 19.2 Å². The number of hydrogen-bond acceptors (Lipinski definition) is 4. The minimum atomic E-state index is -1.49. The van der Waals surface area contributed by atoms with Gasteiger partial charge in [-0.05, 0) is 6.07 Å². The summed E-state index contributed by atoms with van der Waals surface area (Å²) in [6.07, 6.45) is 0. The zero-order valence-electron chi connectivity index (χ0n) is 12.2. The van der Waals surface area contributed by atoms with Crippen LogP contribution in [-0.2, 0) is 0 Å². The summed E-state index contributed by atoms with van der Waals surface area (Å²) in [6, 6.07) is 5.09. The fraction of sp³-hybridized carbons (Fsp3) is 0.364. The van der Waals surface area contributed by atoms with E-state index in [4.69, 9.17) is 10.2 Å². The molecule has 12 N–H and O–H groups in total. The van der Waals surface area contributed by atoms with Gasteiger partial charge in [0, 0.05) is 5.56 Å². The molecule has 0 aliphatic carbocycles. The molecule has 0 heterocycles. The van der Waals surface area contributed by atoms with Gasteiger partial charge in [0.1, 0.15) is 5.82 Å². The highest BCUT2D eigenvalue weighted by Gasteiger charge is 1.98. The minimum Gasteiger partial charge on any atom is -0.855 e. The molecule has 0 amide bonds. The number of quaternary nitrogens is 3. The molecule has 0 spiro atoms. The van der Waals surface area contributed by atoms with E-state index in [1.807, 2.05) is 0 Å². The maximum atomic E-state index is 12.4. The van der Waals surface area contributed by atoms with E-state index in [0.717, 1.165) is 12.1 Å². The molecule has 1 aromatic rings. The lowest BCUT2D eigenvalue weighted by Crippen LogP contribution is -2.23. The van der Waals surface area contributed by atoms with E-state index in [1.165, 1.54) is 12.1 Å². The Bertz CT molecular complexity index is 299. The Morgan fingerprint density at radius 1 is 1.05 bits per heavy atom. The number of carboxylic acid groups (broad SMARTS) is 1. The Kier molecular flexibility index (Phi) is 34.7. The molecule has 0 aromatic heterocycles. The van der Waals surface area contributed by atoms with Crippen molar-refractivity contribution in [3.63, 3.8) is 0 Å². The molecule has 0 unspecified atom stereocenters. The van der Waals surface area contributed by atoms with E-state index in [1.54, 1.807) is 13.8 Å². The molecule has 1 aromatic carbocycles. The number of aromatic carboxylic acids is 1. The molecular formula is C11H26FN3O4. The van der Waals surface area contributed by atoms with Gasteiger partial charge >= 0.3 is 0 Å². The van der Waals surface area contributed by atoms with Gasteiger partial charge < -0.3 is 38.6 Å². The van der Waals surface area contributed by atoms with Crippen LogP contribution in [0.2, 0.25) is 0 Å². The molecule has 116 valence electrons. The second kappa shape index (κ2) is 21.7. The van der Waals surface area contributed by atoms with E-state index < -0.39 is 17.3 Å². The van der Waals surface area contributed by atoms with E-state index >= 15 is 0 Å². The lowest BCUT2D eigenvalue weighted by molar-refractivity contribution is -0.362. The molecule has 7 nitrogen and oxygen atoms in total. The van der Waals surface area contributed by atoms with Gasteiger partial charge in [-0.15, -0.1) is 13.2 Å². The monoisotopic (exact) mass is 283 g/mol. The highest BCUT2D eigenvalue weighted by Crippen LogP contribution is 2.03. The fourth-order valence-electron chi connectivity index (χ4n) is 0.627. The van der Waals surface area contributed by atoms with Crippen LogP contribution in [0.3, 0.4) is 0 Å². The summed E-state index contributed by atoms with van der Waals surface area (Å²) in [5.74, 6) is -2.25. The molecule has 1 rings (SSSR count). The van der Waals surface area contributed by atoms with Crippen molar-refractivity contribution in [3.8, 4) is 0 Å². The number of carbonyl (C=O) groups is 1.